The highest BCUT2D eigenvalue weighted by molar-refractivity contribution is 6.31. The van der Waals surface area contributed by atoms with Crippen LogP contribution in [0.4, 0.5) is 5.69 Å². The molecule has 0 unspecified atom stereocenters. The molecule has 0 amide bonds. The highest BCUT2D eigenvalue weighted by Crippen LogP contribution is 2.40. The number of hydrogen-bond acceptors (Lipinski definition) is 2. The summed E-state index contributed by atoms with van der Waals surface area (Å²) in [5, 5.41) is 9.78. The number of rotatable bonds is 4. The molecular weight excluding hydrogens is 262 g/mol. The van der Waals surface area contributed by atoms with Gasteiger partial charge in [0, 0.05) is 18.1 Å². The van der Waals surface area contributed by atoms with Gasteiger partial charge in [0.1, 0.15) is 0 Å². The summed E-state index contributed by atoms with van der Waals surface area (Å²) >= 11 is 5.90. The summed E-state index contributed by atoms with van der Waals surface area (Å²) < 4.78 is 0. The van der Waals surface area contributed by atoms with E-state index >= 15 is 0 Å². The highest BCUT2D eigenvalue weighted by Gasteiger charge is 2.36. The van der Waals surface area contributed by atoms with E-state index in [1.807, 2.05) is 6.07 Å². The van der Waals surface area contributed by atoms with Crippen molar-refractivity contribution in [3.05, 3.63) is 28.8 Å². The Bertz CT molecular complexity index is 483. The largest absolute Gasteiger partial charge is 0.478 e. The van der Waals surface area contributed by atoms with Crippen LogP contribution in [-0.4, -0.2) is 24.2 Å². The van der Waals surface area contributed by atoms with Gasteiger partial charge in [0.15, 0.2) is 0 Å². The number of benzene rings is 1. The molecule has 4 heteroatoms. The molecule has 0 aliphatic carbocycles. The maximum absolute atomic E-state index is 11.3. The van der Waals surface area contributed by atoms with Crippen LogP contribution in [0.5, 0.6) is 0 Å². The fourth-order valence-electron chi connectivity index (χ4n) is 2.92. The SMILES string of the molecule is CCC1(CC)CCN(c2ccc(Cl)cc2C(=O)O)C1. The molecule has 1 saturated heterocycles. The van der Waals surface area contributed by atoms with Crippen LogP contribution in [0.1, 0.15) is 43.5 Å². The summed E-state index contributed by atoms with van der Waals surface area (Å²) in [7, 11) is 0. The van der Waals surface area contributed by atoms with Gasteiger partial charge in [0.25, 0.3) is 0 Å². The molecule has 1 heterocycles. The van der Waals surface area contributed by atoms with E-state index in [1.54, 1.807) is 6.07 Å². The van der Waals surface area contributed by atoms with E-state index in [4.69, 9.17) is 11.6 Å². The maximum Gasteiger partial charge on any atom is 0.337 e. The molecule has 3 nitrogen and oxygen atoms in total. The molecule has 0 radical (unpaired) electrons. The first-order chi connectivity index (χ1) is 9.01. The van der Waals surface area contributed by atoms with E-state index in [9.17, 15) is 9.90 Å². The second-order valence-corrected chi connectivity index (χ2v) is 5.78. The Morgan fingerprint density at radius 1 is 1.42 bits per heavy atom. The molecule has 1 aliphatic heterocycles. The zero-order valence-corrected chi connectivity index (χ0v) is 12.2. The average molecular weight is 282 g/mol. The monoisotopic (exact) mass is 281 g/mol. The minimum Gasteiger partial charge on any atom is -0.478 e. The standard InChI is InChI=1S/C15H20ClNO2/c1-3-15(4-2)7-8-17(10-15)13-6-5-11(16)9-12(13)14(18)19/h5-6,9H,3-4,7-8,10H2,1-2H3,(H,18,19). The summed E-state index contributed by atoms with van der Waals surface area (Å²) in [4.78, 5) is 13.5. The Kier molecular flexibility index (Phi) is 4.04. The molecule has 0 atom stereocenters. The third kappa shape index (κ3) is 2.71. The minimum absolute atomic E-state index is 0.301. The molecule has 0 spiro atoms. The third-order valence-corrected chi connectivity index (χ3v) is 4.70. The van der Waals surface area contributed by atoms with Gasteiger partial charge in [0.05, 0.1) is 11.3 Å². The van der Waals surface area contributed by atoms with Crippen LogP contribution in [0, 0.1) is 5.41 Å². The highest BCUT2D eigenvalue weighted by atomic mass is 35.5. The van der Waals surface area contributed by atoms with Crippen LogP contribution in [0.25, 0.3) is 0 Å². The van der Waals surface area contributed by atoms with Gasteiger partial charge in [-0.3, -0.25) is 0 Å². The number of carboxylic acids is 1. The topological polar surface area (TPSA) is 40.5 Å². The second-order valence-electron chi connectivity index (χ2n) is 5.35. The summed E-state index contributed by atoms with van der Waals surface area (Å²) in [6.07, 6.45) is 3.40. The summed E-state index contributed by atoms with van der Waals surface area (Å²) in [5.74, 6) is -0.914. The smallest absolute Gasteiger partial charge is 0.337 e. The Morgan fingerprint density at radius 3 is 2.63 bits per heavy atom. The first-order valence-electron chi connectivity index (χ1n) is 6.79. The molecule has 0 saturated carbocycles. The lowest BCUT2D eigenvalue weighted by Crippen LogP contribution is -2.27. The van der Waals surface area contributed by atoms with E-state index < -0.39 is 5.97 Å². The molecule has 19 heavy (non-hydrogen) atoms. The number of halogens is 1. The predicted octanol–water partition coefficient (Wildman–Crippen LogP) is 4.05. The Balaban J connectivity index is 2.31. The van der Waals surface area contributed by atoms with Crippen molar-refractivity contribution >= 4 is 23.3 Å². The minimum atomic E-state index is -0.914. The van der Waals surface area contributed by atoms with E-state index in [-0.39, 0.29) is 0 Å². The number of carboxylic acid groups (broad SMARTS) is 1. The van der Waals surface area contributed by atoms with Crippen molar-refractivity contribution in [2.45, 2.75) is 33.1 Å². The van der Waals surface area contributed by atoms with Gasteiger partial charge in [-0.2, -0.15) is 0 Å². The van der Waals surface area contributed by atoms with Gasteiger partial charge >= 0.3 is 5.97 Å². The lowest BCUT2D eigenvalue weighted by molar-refractivity contribution is 0.0697. The van der Waals surface area contributed by atoms with Gasteiger partial charge in [-0.25, -0.2) is 4.79 Å². The summed E-state index contributed by atoms with van der Waals surface area (Å²) in [5.41, 5.74) is 1.42. The van der Waals surface area contributed by atoms with Gasteiger partial charge in [-0.05, 0) is 42.9 Å². The lowest BCUT2D eigenvalue weighted by atomic mass is 9.82. The van der Waals surface area contributed by atoms with Crippen LogP contribution >= 0.6 is 11.6 Å². The molecule has 104 valence electrons. The summed E-state index contributed by atoms with van der Waals surface area (Å²) in [6, 6.07) is 5.13. The zero-order chi connectivity index (χ0) is 14.0. The van der Waals surface area contributed by atoms with E-state index in [0.29, 0.717) is 16.0 Å². The molecule has 1 aromatic rings. The first kappa shape index (κ1) is 14.2. The van der Waals surface area contributed by atoms with Crippen LogP contribution in [-0.2, 0) is 0 Å². The summed E-state index contributed by atoms with van der Waals surface area (Å²) in [6.45, 7) is 6.28. The van der Waals surface area contributed by atoms with Crippen molar-refractivity contribution in [3.8, 4) is 0 Å². The fraction of sp³-hybridized carbons (Fsp3) is 0.533. The normalized spacial score (nSPS) is 17.7. The number of hydrogen-bond donors (Lipinski definition) is 1. The van der Waals surface area contributed by atoms with Gasteiger partial charge in [0.2, 0.25) is 0 Å². The molecule has 2 rings (SSSR count). The number of carbonyl (C=O) groups is 1. The molecule has 1 aliphatic rings. The number of anilines is 1. The van der Waals surface area contributed by atoms with E-state index in [1.165, 1.54) is 6.07 Å². The fourth-order valence-corrected chi connectivity index (χ4v) is 3.10. The quantitative estimate of drug-likeness (QED) is 0.905. The molecule has 1 aromatic carbocycles. The Morgan fingerprint density at radius 2 is 2.11 bits per heavy atom. The maximum atomic E-state index is 11.3. The molecule has 0 aromatic heterocycles. The number of aromatic carboxylic acids is 1. The van der Waals surface area contributed by atoms with Crippen LogP contribution < -0.4 is 4.90 Å². The molecular formula is C15H20ClNO2. The molecule has 1 N–H and O–H groups in total. The van der Waals surface area contributed by atoms with E-state index in [0.717, 1.165) is 38.0 Å². The Hall–Kier alpha value is -1.22. The third-order valence-electron chi connectivity index (χ3n) is 4.47. The van der Waals surface area contributed by atoms with Crippen molar-refractivity contribution in [1.82, 2.24) is 0 Å². The van der Waals surface area contributed by atoms with Crippen molar-refractivity contribution in [2.75, 3.05) is 18.0 Å². The first-order valence-corrected chi connectivity index (χ1v) is 7.17. The van der Waals surface area contributed by atoms with Crippen molar-refractivity contribution in [1.29, 1.82) is 0 Å². The molecule has 0 bridgehead atoms. The van der Waals surface area contributed by atoms with Crippen LogP contribution in [0.15, 0.2) is 18.2 Å². The zero-order valence-electron chi connectivity index (χ0n) is 11.4. The molecule has 1 fully saturated rings. The van der Waals surface area contributed by atoms with E-state index in [2.05, 4.69) is 18.7 Å². The predicted molar refractivity (Wildman–Crippen MR) is 78.3 cm³/mol. The van der Waals surface area contributed by atoms with Crippen LogP contribution in [0.3, 0.4) is 0 Å². The lowest BCUT2D eigenvalue weighted by Gasteiger charge is -2.27. The van der Waals surface area contributed by atoms with Gasteiger partial charge in [-0.15, -0.1) is 0 Å². The van der Waals surface area contributed by atoms with Gasteiger partial charge < -0.3 is 10.0 Å². The van der Waals surface area contributed by atoms with Crippen molar-refractivity contribution in [3.63, 3.8) is 0 Å². The van der Waals surface area contributed by atoms with Gasteiger partial charge in [-0.1, -0.05) is 25.4 Å². The van der Waals surface area contributed by atoms with Crippen molar-refractivity contribution in [2.24, 2.45) is 5.41 Å². The second kappa shape index (κ2) is 5.41. The van der Waals surface area contributed by atoms with Crippen LogP contribution in [0.2, 0.25) is 5.02 Å². The average Bonchev–Trinajstić information content (AvgIpc) is 2.83. The van der Waals surface area contributed by atoms with Crippen molar-refractivity contribution < 1.29 is 9.90 Å². The number of nitrogens with zero attached hydrogens (tertiary/aromatic N) is 1. The Labute approximate surface area is 119 Å².